The molecule has 0 radical (unpaired) electrons. The van der Waals surface area contributed by atoms with Gasteiger partial charge in [-0.2, -0.15) is 0 Å². The molecule has 4 aliphatic rings. The second-order valence-corrected chi connectivity index (χ2v) is 20.9. The number of amides is 5. The number of aryl methyl sites for hydroxylation is 1. The number of hydrazine groups is 1. The molecule has 0 aliphatic carbocycles. The highest BCUT2D eigenvalue weighted by Gasteiger charge is 2.41. The first-order valence-electron chi connectivity index (χ1n) is 24.1. The number of rotatable bonds is 10. The van der Waals surface area contributed by atoms with Gasteiger partial charge < -0.3 is 39.4 Å². The number of hydrogen-bond donors (Lipinski definition) is 3. The lowest BCUT2D eigenvalue weighted by atomic mass is 9.84. The van der Waals surface area contributed by atoms with Crippen LogP contribution < -0.4 is 16.1 Å². The highest BCUT2D eigenvalue weighted by molar-refractivity contribution is 7.10. The van der Waals surface area contributed by atoms with Gasteiger partial charge in [-0.05, 0) is 81.7 Å². The summed E-state index contributed by atoms with van der Waals surface area (Å²) in [5.41, 5.74) is 9.28. The average Bonchev–Trinajstić information content (AvgIpc) is 4.02. The van der Waals surface area contributed by atoms with Crippen molar-refractivity contribution in [2.24, 2.45) is 11.3 Å². The first-order chi connectivity index (χ1) is 32.5. The van der Waals surface area contributed by atoms with E-state index in [0.29, 0.717) is 57.0 Å². The Morgan fingerprint density at radius 3 is 2.57 bits per heavy atom. The van der Waals surface area contributed by atoms with Crippen molar-refractivity contribution in [3.8, 4) is 22.5 Å². The molecule has 6 bridgehead atoms. The zero-order valence-electron chi connectivity index (χ0n) is 41.0. The molecule has 3 saturated heterocycles. The molecular formula is C50H68N10O7S. The van der Waals surface area contributed by atoms with Crippen LogP contribution in [-0.4, -0.2) is 148 Å². The number of nitrogens with zero attached hydrogens (tertiary/aromatic N) is 7. The molecule has 0 saturated carbocycles. The quantitative estimate of drug-likeness (QED) is 0.140. The Balaban J connectivity index is 1.13. The number of thiazole rings is 1. The van der Waals surface area contributed by atoms with Gasteiger partial charge in [0.25, 0.3) is 5.91 Å². The topological polar surface area (TPSA) is 193 Å². The minimum absolute atomic E-state index is 0.0555. The van der Waals surface area contributed by atoms with Crippen molar-refractivity contribution in [2.45, 2.75) is 123 Å². The summed E-state index contributed by atoms with van der Waals surface area (Å²) in [5.74, 6) is -1.63. The van der Waals surface area contributed by atoms with E-state index in [2.05, 4.69) is 65.7 Å². The van der Waals surface area contributed by atoms with Gasteiger partial charge in [0.2, 0.25) is 11.8 Å². The van der Waals surface area contributed by atoms with Crippen molar-refractivity contribution in [1.29, 1.82) is 0 Å². The average molecular weight is 953 g/mol. The van der Waals surface area contributed by atoms with Crippen molar-refractivity contribution in [3.05, 3.63) is 58.2 Å². The highest BCUT2D eigenvalue weighted by Crippen LogP contribution is 2.42. The Bertz CT molecular complexity index is 2540. The van der Waals surface area contributed by atoms with Crippen molar-refractivity contribution in [1.82, 2.24) is 50.3 Å². The molecule has 1 unspecified atom stereocenters. The molecule has 6 atom stereocenters. The number of pyridine rings is 1. The molecule has 68 heavy (non-hydrogen) atoms. The van der Waals surface area contributed by atoms with E-state index in [0.717, 1.165) is 57.5 Å². The third-order valence-corrected chi connectivity index (χ3v) is 14.9. The number of hydrogen-bond acceptors (Lipinski definition) is 12. The van der Waals surface area contributed by atoms with Crippen LogP contribution >= 0.6 is 11.3 Å². The van der Waals surface area contributed by atoms with Gasteiger partial charge in [-0.15, -0.1) is 11.3 Å². The van der Waals surface area contributed by atoms with Crippen LogP contribution in [0, 0.1) is 11.3 Å². The Labute approximate surface area is 403 Å². The van der Waals surface area contributed by atoms with Gasteiger partial charge in [-0.3, -0.25) is 29.2 Å². The van der Waals surface area contributed by atoms with Crippen LogP contribution in [0.1, 0.15) is 89.6 Å². The molecule has 17 nitrogen and oxygen atoms in total. The molecule has 8 rings (SSSR count). The van der Waals surface area contributed by atoms with Crippen molar-refractivity contribution in [2.75, 3.05) is 54.0 Å². The summed E-state index contributed by atoms with van der Waals surface area (Å²) in [5, 5.41) is 11.2. The molecule has 0 spiro atoms. The maximum absolute atomic E-state index is 14.7. The number of likely N-dealkylation sites (tertiary alicyclic amines) is 1. The number of esters is 1. The van der Waals surface area contributed by atoms with E-state index in [1.165, 1.54) is 21.2 Å². The maximum atomic E-state index is 14.7. The van der Waals surface area contributed by atoms with Crippen LogP contribution in [-0.2, 0) is 48.0 Å². The van der Waals surface area contributed by atoms with Crippen molar-refractivity contribution >= 4 is 52.0 Å². The number of likely N-dealkylation sites (N-methyl/N-ethyl adjacent to an activating group) is 2. The first kappa shape index (κ1) is 49.0. The van der Waals surface area contributed by atoms with E-state index in [1.807, 2.05) is 37.1 Å². The molecular weight excluding hydrogens is 885 g/mol. The van der Waals surface area contributed by atoms with E-state index >= 15 is 0 Å². The van der Waals surface area contributed by atoms with Crippen LogP contribution in [0.2, 0.25) is 0 Å². The molecule has 7 heterocycles. The monoisotopic (exact) mass is 952 g/mol. The van der Waals surface area contributed by atoms with E-state index < -0.39 is 41.3 Å². The Hall–Kier alpha value is -5.43. The molecule has 5 amide bonds. The third kappa shape index (κ3) is 10.1. The SMILES string of the molecule is CCn1c(-c2cccnc2[C@H](C)OC)c2c3cc(ccc31)-c1csc(n1)C[C@H](NC(=O)C(C(C)C)N(C)C(=O)N(C)[C@H]1CCCN(C(=O)[C@H]3CN3)C1)C(=O)N1CCC[C@H](N1)C(=O)OCC(C)(C)C2. The molecule has 1 aromatic carbocycles. The lowest BCUT2D eigenvalue weighted by Crippen LogP contribution is -2.63. The minimum atomic E-state index is -1.09. The van der Waals surface area contributed by atoms with Gasteiger partial charge in [0.15, 0.2) is 0 Å². The number of carbonyl (C=O) groups is 5. The minimum Gasteiger partial charge on any atom is -0.464 e. The van der Waals surface area contributed by atoms with Gasteiger partial charge in [-0.1, -0.05) is 33.8 Å². The van der Waals surface area contributed by atoms with E-state index in [1.54, 1.807) is 32.3 Å². The predicted octanol–water partition coefficient (Wildman–Crippen LogP) is 5.17. The number of cyclic esters (lactones) is 1. The fourth-order valence-electron chi connectivity index (χ4n) is 10.2. The molecule has 3 N–H and O–H groups in total. The largest absolute Gasteiger partial charge is 0.464 e. The summed E-state index contributed by atoms with van der Waals surface area (Å²) in [6, 6.07) is 6.90. The maximum Gasteiger partial charge on any atom is 0.324 e. The molecule has 4 aliphatic heterocycles. The molecule has 366 valence electrons. The summed E-state index contributed by atoms with van der Waals surface area (Å²) < 4.78 is 14.3. The summed E-state index contributed by atoms with van der Waals surface area (Å²) >= 11 is 1.41. The number of carbonyl (C=O) groups excluding carboxylic acids is 5. The lowest BCUT2D eigenvalue weighted by Gasteiger charge is -2.41. The standard InChI is InChI=1S/C50H68N10O7S/c1-10-59-40-18-17-31-22-34(40)35(44(59)33-15-11-19-51-42(33)30(4)66-9)24-50(5,6)28-67-48(64)36-16-13-21-60(55-36)47(63)37(23-41-53-39(31)27-68-41)54-45(61)43(29(2)3)57(8)49(65)56(7)32-14-12-20-58(26-32)46(62)38-25-52-38/h11,15,17-19,22,27,29-30,32,36-38,43,52,55H,10,12-14,16,20-21,23-26,28H2,1-9H3,(H,54,61)/t30-,32-,36-,37-,38+,43?/m0/s1. The second kappa shape index (κ2) is 20.3. The molecule has 3 fully saturated rings. The van der Waals surface area contributed by atoms with Crippen LogP contribution in [0.5, 0.6) is 0 Å². The zero-order chi connectivity index (χ0) is 48.6. The smallest absolute Gasteiger partial charge is 0.324 e. The first-order valence-corrected chi connectivity index (χ1v) is 25.0. The van der Waals surface area contributed by atoms with E-state index in [9.17, 15) is 24.0 Å². The number of piperidine rings is 1. The normalized spacial score (nSPS) is 22.9. The van der Waals surface area contributed by atoms with Gasteiger partial charge in [0, 0.05) is 99.4 Å². The Morgan fingerprint density at radius 2 is 1.85 bits per heavy atom. The molecule has 4 aromatic rings. The number of nitrogens with one attached hydrogen (secondary N) is 3. The van der Waals surface area contributed by atoms with Gasteiger partial charge in [0.1, 0.15) is 18.1 Å². The summed E-state index contributed by atoms with van der Waals surface area (Å²) in [6.07, 6.45) is 4.70. The van der Waals surface area contributed by atoms with E-state index in [4.69, 9.17) is 19.4 Å². The van der Waals surface area contributed by atoms with Crippen molar-refractivity contribution < 1.29 is 33.4 Å². The fraction of sp³-hybridized carbons (Fsp3) is 0.580. The van der Waals surface area contributed by atoms with Crippen LogP contribution in [0.25, 0.3) is 33.4 Å². The van der Waals surface area contributed by atoms with Crippen LogP contribution in [0.15, 0.2) is 41.9 Å². The highest BCUT2D eigenvalue weighted by atomic mass is 32.1. The van der Waals surface area contributed by atoms with Gasteiger partial charge in [0.05, 0.1) is 46.9 Å². The fourth-order valence-corrected chi connectivity index (χ4v) is 11.0. The predicted molar refractivity (Wildman–Crippen MR) is 260 cm³/mol. The zero-order valence-corrected chi connectivity index (χ0v) is 41.8. The summed E-state index contributed by atoms with van der Waals surface area (Å²) in [4.78, 5) is 85.1. The second-order valence-electron chi connectivity index (χ2n) is 20.0. The number of ether oxygens (including phenoxy) is 2. The number of fused-ring (bicyclic) bond motifs is 6. The van der Waals surface area contributed by atoms with Gasteiger partial charge >= 0.3 is 12.0 Å². The summed E-state index contributed by atoms with van der Waals surface area (Å²) in [7, 11) is 5.02. The molecule has 18 heteroatoms. The van der Waals surface area contributed by atoms with E-state index in [-0.39, 0.29) is 49.1 Å². The number of methoxy groups -OCH3 is 1. The third-order valence-electron chi connectivity index (χ3n) is 14.0. The lowest BCUT2D eigenvalue weighted by molar-refractivity contribution is -0.155. The van der Waals surface area contributed by atoms with Gasteiger partial charge in [-0.25, -0.2) is 15.2 Å². The van der Waals surface area contributed by atoms with Crippen molar-refractivity contribution in [3.63, 3.8) is 0 Å². The number of aromatic nitrogens is 3. The molecule has 3 aromatic heterocycles. The van der Waals surface area contributed by atoms with Crippen LogP contribution in [0.4, 0.5) is 4.79 Å². The van der Waals surface area contributed by atoms with Crippen LogP contribution in [0.3, 0.4) is 0 Å². The summed E-state index contributed by atoms with van der Waals surface area (Å²) in [6.45, 7) is 15.0. The Kier molecular flexibility index (Phi) is 14.6. The number of benzene rings is 1. The number of urea groups is 1. The Morgan fingerprint density at radius 1 is 1.09 bits per heavy atom.